The second-order valence-corrected chi connectivity index (χ2v) is 9.22. The molecule has 3 aromatic carbocycles. The molecular formula is C27H28N4O3S. The molecule has 8 heteroatoms. The van der Waals surface area contributed by atoms with Gasteiger partial charge in [-0.2, -0.15) is 0 Å². The number of aromatic nitrogens is 2. The number of fused-ring (bicyclic) bond motifs is 1. The van der Waals surface area contributed by atoms with Crippen LogP contribution >= 0.6 is 11.8 Å². The zero-order valence-corrected chi connectivity index (χ0v) is 20.8. The van der Waals surface area contributed by atoms with E-state index in [2.05, 4.69) is 5.32 Å². The fourth-order valence-corrected chi connectivity index (χ4v) is 4.43. The van der Waals surface area contributed by atoms with Gasteiger partial charge >= 0.3 is 0 Å². The molecule has 35 heavy (non-hydrogen) atoms. The molecule has 0 aliphatic rings. The van der Waals surface area contributed by atoms with E-state index in [1.54, 1.807) is 17.7 Å². The maximum atomic E-state index is 13.3. The summed E-state index contributed by atoms with van der Waals surface area (Å²) in [5.41, 5.74) is 3.56. The minimum Gasteiger partial charge on any atom is -0.497 e. The molecule has 4 aromatic rings. The molecule has 0 aliphatic heterocycles. The Balaban J connectivity index is 1.49. The standard InChI is InChI=1S/C27H28N4O3S/c1-30(2)21-12-8-19(9-13-21)16-28-25(32)18-35-27-29-24-7-5-4-6-23(24)26(33)31(27)17-20-10-14-22(34-3)15-11-20/h4-15H,16-18H2,1-3H3,(H,28,32). The highest BCUT2D eigenvalue weighted by Crippen LogP contribution is 2.20. The van der Waals surface area contributed by atoms with E-state index in [1.165, 1.54) is 11.8 Å². The summed E-state index contributed by atoms with van der Waals surface area (Å²) in [5.74, 6) is 0.786. The first-order chi connectivity index (χ1) is 16.9. The predicted molar refractivity (Wildman–Crippen MR) is 141 cm³/mol. The van der Waals surface area contributed by atoms with Gasteiger partial charge < -0.3 is 15.0 Å². The quantitative estimate of drug-likeness (QED) is 0.284. The first-order valence-electron chi connectivity index (χ1n) is 11.2. The van der Waals surface area contributed by atoms with Crippen LogP contribution in [0.2, 0.25) is 0 Å². The molecule has 0 saturated carbocycles. The van der Waals surface area contributed by atoms with Crippen LogP contribution in [0.25, 0.3) is 10.9 Å². The van der Waals surface area contributed by atoms with Gasteiger partial charge in [0.25, 0.3) is 5.56 Å². The van der Waals surface area contributed by atoms with Gasteiger partial charge in [-0.25, -0.2) is 4.98 Å². The van der Waals surface area contributed by atoms with Gasteiger partial charge in [0.1, 0.15) is 5.75 Å². The summed E-state index contributed by atoms with van der Waals surface area (Å²) in [6.45, 7) is 0.791. The third-order valence-corrected chi connectivity index (χ3v) is 6.58. The Morgan fingerprint density at radius 1 is 1.00 bits per heavy atom. The molecule has 0 radical (unpaired) electrons. The number of amides is 1. The van der Waals surface area contributed by atoms with Crippen molar-refractivity contribution in [3.63, 3.8) is 0 Å². The van der Waals surface area contributed by atoms with Crippen LogP contribution in [-0.2, 0) is 17.9 Å². The lowest BCUT2D eigenvalue weighted by Crippen LogP contribution is -2.27. The summed E-state index contributed by atoms with van der Waals surface area (Å²) < 4.78 is 6.86. The molecule has 0 fully saturated rings. The highest BCUT2D eigenvalue weighted by Gasteiger charge is 2.14. The van der Waals surface area contributed by atoms with Crippen LogP contribution in [-0.4, -0.2) is 42.4 Å². The summed E-state index contributed by atoms with van der Waals surface area (Å²) >= 11 is 1.26. The van der Waals surface area contributed by atoms with E-state index in [0.29, 0.717) is 29.1 Å². The number of benzene rings is 3. The number of ether oxygens (including phenoxy) is 1. The highest BCUT2D eigenvalue weighted by atomic mass is 32.2. The number of thioether (sulfide) groups is 1. The Labute approximate surface area is 208 Å². The number of para-hydroxylation sites is 1. The van der Waals surface area contributed by atoms with Gasteiger partial charge in [0.2, 0.25) is 5.91 Å². The predicted octanol–water partition coefficient (Wildman–Crippen LogP) is 3.93. The van der Waals surface area contributed by atoms with E-state index in [1.807, 2.05) is 85.7 Å². The Morgan fingerprint density at radius 3 is 2.37 bits per heavy atom. The van der Waals surface area contributed by atoms with Crippen LogP contribution in [0.3, 0.4) is 0 Å². The average Bonchev–Trinajstić information content (AvgIpc) is 2.88. The number of nitrogens with zero attached hydrogens (tertiary/aromatic N) is 3. The Kier molecular flexibility index (Phi) is 7.72. The molecule has 180 valence electrons. The molecule has 0 bridgehead atoms. The normalized spacial score (nSPS) is 10.8. The number of rotatable bonds is 9. The van der Waals surface area contributed by atoms with Gasteiger partial charge in [-0.1, -0.05) is 48.2 Å². The number of hydrogen-bond acceptors (Lipinski definition) is 6. The monoisotopic (exact) mass is 488 g/mol. The van der Waals surface area contributed by atoms with Crippen molar-refractivity contribution in [1.29, 1.82) is 0 Å². The van der Waals surface area contributed by atoms with Crippen LogP contribution in [0.5, 0.6) is 5.75 Å². The molecule has 4 rings (SSSR count). The molecule has 1 amide bonds. The van der Waals surface area contributed by atoms with Crippen molar-refractivity contribution in [2.45, 2.75) is 18.2 Å². The topological polar surface area (TPSA) is 76.5 Å². The number of carbonyl (C=O) groups excluding carboxylic acids is 1. The summed E-state index contributed by atoms with van der Waals surface area (Å²) in [4.78, 5) is 32.6. The van der Waals surface area contributed by atoms with Crippen molar-refractivity contribution in [3.05, 3.63) is 94.3 Å². The van der Waals surface area contributed by atoms with E-state index >= 15 is 0 Å². The SMILES string of the molecule is COc1ccc(Cn2c(SCC(=O)NCc3ccc(N(C)C)cc3)nc3ccccc3c2=O)cc1. The summed E-state index contributed by atoms with van der Waals surface area (Å²) in [5, 5.41) is 4.01. The smallest absolute Gasteiger partial charge is 0.262 e. The summed E-state index contributed by atoms with van der Waals surface area (Å²) in [6.07, 6.45) is 0. The van der Waals surface area contributed by atoms with Gasteiger partial charge in [-0.15, -0.1) is 0 Å². The van der Waals surface area contributed by atoms with Crippen molar-refractivity contribution in [3.8, 4) is 5.75 Å². The van der Waals surface area contributed by atoms with E-state index in [9.17, 15) is 9.59 Å². The Hall–Kier alpha value is -3.78. The fourth-order valence-electron chi connectivity index (χ4n) is 3.60. The van der Waals surface area contributed by atoms with E-state index in [-0.39, 0.29) is 17.2 Å². The van der Waals surface area contributed by atoms with Crippen LogP contribution in [0.1, 0.15) is 11.1 Å². The molecule has 0 saturated heterocycles. The van der Waals surface area contributed by atoms with E-state index in [0.717, 1.165) is 22.6 Å². The third kappa shape index (κ3) is 6.02. The van der Waals surface area contributed by atoms with Crippen LogP contribution in [0.15, 0.2) is 82.7 Å². The van der Waals surface area contributed by atoms with Crippen molar-refractivity contribution in [2.24, 2.45) is 0 Å². The number of nitrogens with one attached hydrogen (secondary N) is 1. The minimum atomic E-state index is -0.129. The molecular weight excluding hydrogens is 460 g/mol. The van der Waals surface area contributed by atoms with Crippen LogP contribution in [0, 0.1) is 0 Å². The zero-order chi connectivity index (χ0) is 24.8. The number of carbonyl (C=O) groups is 1. The largest absolute Gasteiger partial charge is 0.497 e. The fraction of sp³-hybridized carbons (Fsp3) is 0.222. The van der Waals surface area contributed by atoms with Crippen molar-refractivity contribution >= 4 is 34.3 Å². The first-order valence-corrected chi connectivity index (χ1v) is 12.2. The number of anilines is 1. The lowest BCUT2D eigenvalue weighted by molar-refractivity contribution is -0.118. The van der Waals surface area contributed by atoms with Gasteiger partial charge in [-0.05, 0) is 47.5 Å². The first kappa shape index (κ1) is 24.3. The number of methoxy groups -OCH3 is 1. The molecule has 0 atom stereocenters. The Bertz CT molecular complexity index is 1370. The van der Waals surface area contributed by atoms with Crippen molar-refractivity contribution in [1.82, 2.24) is 14.9 Å². The number of hydrogen-bond donors (Lipinski definition) is 1. The maximum Gasteiger partial charge on any atom is 0.262 e. The lowest BCUT2D eigenvalue weighted by atomic mass is 10.2. The zero-order valence-electron chi connectivity index (χ0n) is 20.0. The second-order valence-electron chi connectivity index (χ2n) is 8.28. The molecule has 0 spiro atoms. The molecule has 0 aliphatic carbocycles. The Morgan fingerprint density at radius 2 is 1.69 bits per heavy atom. The molecule has 0 unspecified atom stereocenters. The molecule has 1 aromatic heterocycles. The van der Waals surface area contributed by atoms with Gasteiger partial charge in [0, 0.05) is 26.3 Å². The minimum absolute atomic E-state index is 0.120. The van der Waals surface area contributed by atoms with Crippen LogP contribution < -0.4 is 20.5 Å². The maximum absolute atomic E-state index is 13.3. The van der Waals surface area contributed by atoms with Gasteiger partial charge in [-0.3, -0.25) is 14.2 Å². The second kappa shape index (κ2) is 11.1. The molecule has 1 N–H and O–H groups in total. The van der Waals surface area contributed by atoms with E-state index < -0.39 is 0 Å². The van der Waals surface area contributed by atoms with Gasteiger partial charge in [0.05, 0.1) is 30.3 Å². The van der Waals surface area contributed by atoms with E-state index in [4.69, 9.17) is 9.72 Å². The third-order valence-electron chi connectivity index (χ3n) is 5.60. The van der Waals surface area contributed by atoms with Crippen molar-refractivity contribution in [2.75, 3.05) is 31.9 Å². The average molecular weight is 489 g/mol. The summed E-state index contributed by atoms with van der Waals surface area (Å²) in [6, 6.07) is 22.9. The molecule has 1 heterocycles. The van der Waals surface area contributed by atoms with Gasteiger partial charge in [0.15, 0.2) is 5.16 Å². The highest BCUT2D eigenvalue weighted by molar-refractivity contribution is 7.99. The summed E-state index contributed by atoms with van der Waals surface area (Å²) in [7, 11) is 5.59. The molecule has 7 nitrogen and oxygen atoms in total. The van der Waals surface area contributed by atoms with Crippen LogP contribution in [0.4, 0.5) is 5.69 Å². The van der Waals surface area contributed by atoms with Crippen molar-refractivity contribution < 1.29 is 9.53 Å². The lowest BCUT2D eigenvalue weighted by Gasteiger charge is -2.14.